The SMILES string of the molecule is N=C(N)N1CCC(CCCCN2CC(CN3CCN(CCCC(=O)O)CC3)OC2=O)CC1. The summed E-state index contributed by atoms with van der Waals surface area (Å²) in [6.45, 7) is 8.57. The van der Waals surface area contributed by atoms with E-state index < -0.39 is 5.97 Å². The van der Waals surface area contributed by atoms with Gasteiger partial charge in [-0.05, 0) is 38.1 Å². The molecule has 3 saturated heterocycles. The molecule has 0 aromatic heterocycles. The summed E-state index contributed by atoms with van der Waals surface area (Å²) in [4.78, 5) is 31.3. The van der Waals surface area contributed by atoms with E-state index in [-0.39, 0.29) is 24.6 Å². The molecule has 1 atom stereocenters. The molecule has 0 radical (unpaired) electrons. The summed E-state index contributed by atoms with van der Waals surface area (Å²) in [6.07, 6.45) is 6.17. The molecule has 0 aromatic carbocycles. The number of hydrogen-bond acceptors (Lipinski definition) is 6. The van der Waals surface area contributed by atoms with Crippen molar-refractivity contribution in [2.24, 2.45) is 11.7 Å². The molecule has 182 valence electrons. The number of carboxylic acid groups (broad SMARTS) is 1. The van der Waals surface area contributed by atoms with E-state index in [1.54, 1.807) is 0 Å². The average Bonchev–Trinajstić information content (AvgIpc) is 3.11. The molecule has 3 aliphatic heterocycles. The number of nitrogens with zero attached hydrogens (tertiary/aromatic N) is 4. The van der Waals surface area contributed by atoms with E-state index in [2.05, 4.69) is 9.80 Å². The molecule has 0 aromatic rings. The zero-order valence-corrected chi connectivity index (χ0v) is 19.2. The van der Waals surface area contributed by atoms with Crippen LogP contribution in [0.25, 0.3) is 0 Å². The standard InChI is InChI=1S/C22H40N6O4/c23-21(24)27-10-6-18(7-11-27)4-1-2-9-28-17-19(32-22(28)31)16-26-14-12-25(13-15-26)8-3-5-20(29)30/h18-19H,1-17H2,(H3,23,24)(H,29,30). The van der Waals surface area contributed by atoms with Crippen LogP contribution in [-0.4, -0.2) is 114 Å². The van der Waals surface area contributed by atoms with Crippen LogP contribution >= 0.6 is 0 Å². The average molecular weight is 453 g/mol. The van der Waals surface area contributed by atoms with E-state index in [0.717, 1.165) is 84.6 Å². The van der Waals surface area contributed by atoms with Gasteiger partial charge in [-0.3, -0.25) is 15.1 Å². The van der Waals surface area contributed by atoms with E-state index in [0.29, 0.717) is 18.9 Å². The monoisotopic (exact) mass is 452 g/mol. The number of aliphatic carboxylic acids is 1. The molecular weight excluding hydrogens is 412 g/mol. The van der Waals surface area contributed by atoms with Crippen molar-refractivity contribution in [2.75, 3.05) is 65.4 Å². The van der Waals surface area contributed by atoms with Crippen molar-refractivity contribution in [3.63, 3.8) is 0 Å². The van der Waals surface area contributed by atoms with Crippen LogP contribution in [0.4, 0.5) is 4.79 Å². The highest BCUT2D eigenvalue weighted by Gasteiger charge is 2.32. The molecule has 3 fully saturated rings. The molecule has 0 saturated carbocycles. The fourth-order valence-electron chi connectivity index (χ4n) is 4.99. The van der Waals surface area contributed by atoms with E-state index in [4.69, 9.17) is 21.0 Å². The number of guanidine groups is 1. The van der Waals surface area contributed by atoms with Crippen molar-refractivity contribution in [2.45, 2.75) is 51.0 Å². The molecule has 3 rings (SSSR count). The Hall–Kier alpha value is -2.07. The second-order valence-corrected chi connectivity index (χ2v) is 9.40. The van der Waals surface area contributed by atoms with Crippen LogP contribution in [0.5, 0.6) is 0 Å². The molecule has 3 aliphatic rings. The lowest BCUT2D eigenvalue weighted by molar-refractivity contribution is -0.137. The van der Waals surface area contributed by atoms with Gasteiger partial charge < -0.3 is 30.3 Å². The van der Waals surface area contributed by atoms with Crippen molar-refractivity contribution < 1.29 is 19.4 Å². The van der Waals surface area contributed by atoms with Gasteiger partial charge in [-0.15, -0.1) is 0 Å². The first-order valence-electron chi connectivity index (χ1n) is 12.1. The zero-order valence-electron chi connectivity index (χ0n) is 19.2. The molecule has 10 heteroatoms. The van der Waals surface area contributed by atoms with Gasteiger partial charge in [-0.1, -0.05) is 12.8 Å². The molecule has 0 spiro atoms. The number of hydrogen-bond donors (Lipinski definition) is 3. The Morgan fingerprint density at radius 2 is 1.72 bits per heavy atom. The van der Waals surface area contributed by atoms with Gasteiger partial charge in [0.25, 0.3) is 0 Å². The minimum Gasteiger partial charge on any atom is -0.481 e. The maximum Gasteiger partial charge on any atom is 0.410 e. The predicted molar refractivity (Wildman–Crippen MR) is 122 cm³/mol. The Balaban J connectivity index is 1.25. The number of carbonyl (C=O) groups is 2. The van der Waals surface area contributed by atoms with Gasteiger partial charge >= 0.3 is 12.1 Å². The first-order valence-corrected chi connectivity index (χ1v) is 12.1. The van der Waals surface area contributed by atoms with E-state index in [1.807, 2.05) is 9.80 Å². The second kappa shape index (κ2) is 12.2. The maximum atomic E-state index is 12.2. The Morgan fingerprint density at radius 3 is 2.38 bits per heavy atom. The number of carboxylic acids is 1. The molecule has 0 bridgehead atoms. The highest BCUT2D eigenvalue weighted by atomic mass is 16.6. The quantitative estimate of drug-likeness (QED) is 0.241. The summed E-state index contributed by atoms with van der Waals surface area (Å²) in [6, 6.07) is 0. The minimum absolute atomic E-state index is 0.0584. The van der Waals surface area contributed by atoms with Crippen molar-refractivity contribution in [1.29, 1.82) is 5.41 Å². The third-order valence-electron chi connectivity index (χ3n) is 6.99. The summed E-state index contributed by atoms with van der Waals surface area (Å²) in [5.41, 5.74) is 5.56. The lowest BCUT2D eigenvalue weighted by Gasteiger charge is -2.35. The third kappa shape index (κ3) is 7.81. The number of cyclic esters (lactones) is 1. The van der Waals surface area contributed by atoms with Crippen molar-refractivity contribution in [3.05, 3.63) is 0 Å². The van der Waals surface area contributed by atoms with Gasteiger partial charge in [0.15, 0.2) is 5.96 Å². The summed E-state index contributed by atoms with van der Waals surface area (Å²) >= 11 is 0. The van der Waals surface area contributed by atoms with E-state index in [1.165, 1.54) is 6.42 Å². The van der Waals surface area contributed by atoms with Gasteiger partial charge in [-0.2, -0.15) is 0 Å². The number of piperidine rings is 1. The topological polar surface area (TPSA) is 126 Å². The summed E-state index contributed by atoms with van der Waals surface area (Å²) in [5.74, 6) is 0.154. The molecular formula is C22H40N6O4. The highest BCUT2D eigenvalue weighted by molar-refractivity contribution is 5.74. The van der Waals surface area contributed by atoms with Gasteiger partial charge in [-0.25, -0.2) is 4.79 Å². The van der Waals surface area contributed by atoms with Crippen LogP contribution in [0.3, 0.4) is 0 Å². The van der Waals surface area contributed by atoms with Crippen LogP contribution < -0.4 is 5.73 Å². The van der Waals surface area contributed by atoms with Crippen LogP contribution in [0.2, 0.25) is 0 Å². The lowest BCUT2D eigenvalue weighted by Crippen LogP contribution is -2.49. The first kappa shape index (κ1) is 24.6. The maximum absolute atomic E-state index is 12.2. The van der Waals surface area contributed by atoms with E-state index >= 15 is 0 Å². The van der Waals surface area contributed by atoms with Crippen molar-refractivity contribution in [3.8, 4) is 0 Å². The lowest BCUT2D eigenvalue weighted by atomic mass is 9.91. The summed E-state index contributed by atoms with van der Waals surface area (Å²) < 4.78 is 5.61. The second-order valence-electron chi connectivity index (χ2n) is 9.40. The number of nitrogens with one attached hydrogen (secondary N) is 1. The van der Waals surface area contributed by atoms with Crippen molar-refractivity contribution in [1.82, 2.24) is 19.6 Å². The Morgan fingerprint density at radius 1 is 1.03 bits per heavy atom. The van der Waals surface area contributed by atoms with Crippen LogP contribution in [0, 0.1) is 11.3 Å². The van der Waals surface area contributed by atoms with Crippen LogP contribution in [-0.2, 0) is 9.53 Å². The number of carbonyl (C=O) groups excluding carboxylic acids is 1. The van der Waals surface area contributed by atoms with Gasteiger partial charge in [0.1, 0.15) is 6.10 Å². The molecule has 32 heavy (non-hydrogen) atoms. The Kier molecular flexibility index (Phi) is 9.40. The van der Waals surface area contributed by atoms with Gasteiger partial charge in [0, 0.05) is 58.8 Å². The number of ether oxygens (including phenoxy) is 1. The minimum atomic E-state index is -0.730. The Labute approximate surface area is 191 Å². The van der Waals surface area contributed by atoms with Gasteiger partial charge in [0.05, 0.1) is 6.54 Å². The number of amides is 1. The first-order chi connectivity index (χ1) is 15.4. The van der Waals surface area contributed by atoms with Crippen LogP contribution in [0.15, 0.2) is 0 Å². The number of likely N-dealkylation sites (tertiary alicyclic amines) is 1. The highest BCUT2D eigenvalue weighted by Crippen LogP contribution is 2.23. The van der Waals surface area contributed by atoms with Crippen molar-refractivity contribution >= 4 is 18.0 Å². The molecule has 0 aliphatic carbocycles. The molecule has 4 N–H and O–H groups in total. The molecule has 3 heterocycles. The van der Waals surface area contributed by atoms with E-state index in [9.17, 15) is 9.59 Å². The molecule has 10 nitrogen and oxygen atoms in total. The molecule has 1 amide bonds. The Bertz CT molecular complexity index is 632. The number of nitrogens with two attached hydrogens (primary N) is 1. The predicted octanol–water partition coefficient (Wildman–Crippen LogP) is 1.07. The largest absolute Gasteiger partial charge is 0.481 e. The fourth-order valence-corrected chi connectivity index (χ4v) is 4.99. The zero-order chi connectivity index (χ0) is 22.9. The van der Waals surface area contributed by atoms with Crippen LogP contribution in [0.1, 0.15) is 44.9 Å². The summed E-state index contributed by atoms with van der Waals surface area (Å²) in [7, 11) is 0. The normalized spacial score (nSPS) is 23.5. The number of unbranched alkanes of at least 4 members (excludes halogenated alkanes) is 1. The third-order valence-corrected chi connectivity index (χ3v) is 6.99. The molecule has 1 unspecified atom stereocenters. The summed E-state index contributed by atoms with van der Waals surface area (Å²) in [5, 5.41) is 16.3. The number of piperazine rings is 1. The number of rotatable bonds is 11. The van der Waals surface area contributed by atoms with Gasteiger partial charge in [0.2, 0.25) is 0 Å². The fraction of sp³-hybridized carbons (Fsp3) is 0.864. The smallest absolute Gasteiger partial charge is 0.410 e.